The van der Waals surface area contributed by atoms with Crippen LogP contribution < -0.4 is 5.73 Å². The van der Waals surface area contributed by atoms with Gasteiger partial charge in [0.2, 0.25) is 5.78 Å². The molecule has 0 spiro atoms. The van der Waals surface area contributed by atoms with Crippen molar-refractivity contribution in [3.63, 3.8) is 0 Å². The maximum absolute atomic E-state index is 12.2. The molecule has 2 aromatic rings. The van der Waals surface area contributed by atoms with Gasteiger partial charge in [-0.3, -0.25) is 4.79 Å². The fraction of sp³-hybridized carbons (Fsp3) is 0.214. The van der Waals surface area contributed by atoms with Crippen LogP contribution in [0, 0.1) is 6.92 Å². The molecule has 2 N–H and O–H groups in total. The van der Waals surface area contributed by atoms with E-state index in [1.54, 1.807) is 18.2 Å². The minimum absolute atomic E-state index is 0.116. The van der Waals surface area contributed by atoms with Gasteiger partial charge in [0.05, 0.1) is 0 Å². The van der Waals surface area contributed by atoms with Gasteiger partial charge >= 0.3 is 0 Å². The van der Waals surface area contributed by atoms with Crippen molar-refractivity contribution in [2.24, 2.45) is 0 Å². The van der Waals surface area contributed by atoms with E-state index in [2.05, 4.69) is 0 Å². The smallest absolute Gasteiger partial charge is 0.228 e. The number of nitrogen functional groups attached to an aromatic ring is 1. The Morgan fingerprint density at radius 3 is 2.71 bits per heavy atom. The van der Waals surface area contributed by atoms with E-state index in [1.807, 2.05) is 26.0 Å². The van der Waals surface area contributed by atoms with Crippen molar-refractivity contribution in [1.29, 1.82) is 0 Å². The summed E-state index contributed by atoms with van der Waals surface area (Å²) in [5, 5.41) is 0. The molecule has 0 aliphatic heterocycles. The van der Waals surface area contributed by atoms with Crippen LogP contribution in [0.25, 0.3) is 0 Å². The van der Waals surface area contributed by atoms with Gasteiger partial charge in [-0.2, -0.15) is 0 Å². The molecule has 0 radical (unpaired) electrons. The fourth-order valence-corrected chi connectivity index (χ4v) is 1.71. The van der Waals surface area contributed by atoms with Crippen LogP contribution in [-0.2, 0) is 6.42 Å². The molecule has 1 aromatic carbocycles. The zero-order chi connectivity index (χ0) is 12.4. The lowest BCUT2D eigenvalue weighted by Gasteiger charge is -2.04. The number of hydrogen-bond donors (Lipinski definition) is 1. The average Bonchev–Trinajstić information content (AvgIpc) is 2.80. The number of furan rings is 1. The maximum Gasteiger partial charge on any atom is 0.228 e. The molecule has 0 saturated carbocycles. The first kappa shape index (κ1) is 11.5. The van der Waals surface area contributed by atoms with Crippen molar-refractivity contribution in [1.82, 2.24) is 0 Å². The zero-order valence-corrected chi connectivity index (χ0v) is 9.99. The average molecular weight is 229 g/mol. The highest BCUT2D eigenvalue weighted by molar-refractivity contribution is 6.08. The highest BCUT2D eigenvalue weighted by Gasteiger charge is 2.15. The van der Waals surface area contributed by atoms with E-state index in [-0.39, 0.29) is 5.78 Å². The Morgan fingerprint density at radius 2 is 2.06 bits per heavy atom. The van der Waals surface area contributed by atoms with E-state index in [0.29, 0.717) is 17.0 Å². The van der Waals surface area contributed by atoms with Crippen molar-refractivity contribution >= 4 is 11.5 Å². The normalized spacial score (nSPS) is 10.5. The Balaban J connectivity index is 2.39. The third-order valence-electron chi connectivity index (χ3n) is 2.74. The van der Waals surface area contributed by atoms with Crippen molar-refractivity contribution in [3.05, 3.63) is 53.0 Å². The first-order chi connectivity index (χ1) is 8.11. The minimum Gasteiger partial charge on any atom is -0.458 e. The predicted molar refractivity (Wildman–Crippen MR) is 67.1 cm³/mol. The highest BCUT2D eigenvalue weighted by Crippen LogP contribution is 2.19. The summed E-state index contributed by atoms with van der Waals surface area (Å²) in [6.45, 7) is 3.87. The lowest BCUT2D eigenvalue weighted by Crippen LogP contribution is -2.03. The fourth-order valence-electron chi connectivity index (χ4n) is 1.71. The summed E-state index contributed by atoms with van der Waals surface area (Å²) in [4.78, 5) is 12.2. The molecule has 17 heavy (non-hydrogen) atoms. The predicted octanol–water partition coefficient (Wildman–Crippen LogP) is 2.96. The van der Waals surface area contributed by atoms with E-state index in [4.69, 9.17) is 10.2 Å². The zero-order valence-electron chi connectivity index (χ0n) is 9.99. The Labute approximate surface area is 100 Å². The second kappa shape index (κ2) is 4.45. The third kappa shape index (κ3) is 2.23. The monoisotopic (exact) mass is 229 g/mol. The Bertz CT molecular complexity index is 555. The summed E-state index contributed by atoms with van der Waals surface area (Å²) >= 11 is 0. The Morgan fingerprint density at radius 1 is 1.29 bits per heavy atom. The highest BCUT2D eigenvalue weighted by atomic mass is 16.3. The Hall–Kier alpha value is -2.03. The molecule has 0 bridgehead atoms. The second-order valence-electron chi connectivity index (χ2n) is 4.02. The van der Waals surface area contributed by atoms with E-state index >= 15 is 0 Å². The molecule has 1 heterocycles. The number of nitrogens with two attached hydrogens (primary N) is 1. The van der Waals surface area contributed by atoms with Crippen LogP contribution in [-0.4, -0.2) is 5.78 Å². The molecular weight excluding hydrogens is 214 g/mol. The van der Waals surface area contributed by atoms with Gasteiger partial charge < -0.3 is 10.2 Å². The van der Waals surface area contributed by atoms with Gasteiger partial charge in [-0.05, 0) is 36.8 Å². The standard InChI is InChI=1S/C14H15NO2/c1-3-11-6-7-13(17-11)14(16)12-8-10(15)5-4-9(12)2/h4-8H,3,15H2,1-2H3. The van der Waals surface area contributed by atoms with Gasteiger partial charge in [-0.15, -0.1) is 0 Å². The number of aryl methyl sites for hydroxylation is 2. The molecule has 2 rings (SSSR count). The number of carbonyl (C=O) groups is 1. The molecule has 3 nitrogen and oxygen atoms in total. The quantitative estimate of drug-likeness (QED) is 0.650. The molecule has 0 fully saturated rings. The number of anilines is 1. The number of benzene rings is 1. The van der Waals surface area contributed by atoms with E-state index in [1.165, 1.54) is 0 Å². The summed E-state index contributed by atoms with van der Waals surface area (Å²) in [5.41, 5.74) is 7.78. The van der Waals surface area contributed by atoms with Gasteiger partial charge in [0.25, 0.3) is 0 Å². The lowest BCUT2D eigenvalue weighted by molar-refractivity contribution is 0.101. The van der Waals surface area contributed by atoms with Gasteiger partial charge in [-0.25, -0.2) is 0 Å². The van der Waals surface area contributed by atoms with Crippen LogP contribution in [0.3, 0.4) is 0 Å². The lowest BCUT2D eigenvalue weighted by atomic mass is 10.0. The van der Waals surface area contributed by atoms with E-state index in [0.717, 1.165) is 17.7 Å². The molecule has 0 atom stereocenters. The van der Waals surface area contributed by atoms with Crippen molar-refractivity contribution in [2.45, 2.75) is 20.3 Å². The van der Waals surface area contributed by atoms with Gasteiger partial charge in [0.1, 0.15) is 5.76 Å². The van der Waals surface area contributed by atoms with Crippen molar-refractivity contribution in [2.75, 3.05) is 5.73 Å². The summed E-state index contributed by atoms with van der Waals surface area (Å²) in [6, 6.07) is 8.85. The maximum atomic E-state index is 12.2. The molecule has 0 aliphatic rings. The van der Waals surface area contributed by atoms with Crippen LogP contribution in [0.4, 0.5) is 5.69 Å². The topological polar surface area (TPSA) is 56.2 Å². The summed E-state index contributed by atoms with van der Waals surface area (Å²) < 4.78 is 5.45. The first-order valence-electron chi connectivity index (χ1n) is 5.61. The SMILES string of the molecule is CCc1ccc(C(=O)c2cc(N)ccc2C)o1. The van der Waals surface area contributed by atoms with Crippen molar-refractivity contribution in [3.8, 4) is 0 Å². The van der Waals surface area contributed by atoms with Gasteiger partial charge in [0.15, 0.2) is 5.76 Å². The molecule has 88 valence electrons. The summed E-state index contributed by atoms with van der Waals surface area (Å²) in [6.07, 6.45) is 0.781. The molecular formula is C14H15NO2. The number of hydrogen-bond acceptors (Lipinski definition) is 3. The Kier molecular flexibility index (Phi) is 3.00. The van der Waals surface area contributed by atoms with E-state index < -0.39 is 0 Å². The first-order valence-corrected chi connectivity index (χ1v) is 5.61. The largest absolute Gasteiger partial charge is 0.458 e. The van der Waals surface area contributed by atoms with Crippen LogP contribution in [0.1, 0.15) is 34.4 Å². The van der Waals surface area contributed by atoms with Crippen LogP contribution in [0.15, 0.2) is 34.7 Å². The molecule has 0 saturated heterocycles. The summed E-state index contributed by atoms with van der Waals surface area (Å²) in [7, 11) is 0. The number of ketones is 1. The molecule has 1 aromatic heterocycles. The molecule has 0 amide bonds. The van der Waals surface area contributed by atoms with Crippen LogP contribution in [0.5, 0.6) is 0 Å². The second-order valence-corrected chi connectivity index (χ2v) is 4.02. The molecule has 3 heteroatoms. The van der Waals surface area contributed by atoms with Crippen molar-refractivity contribution < 1.29 is 9.21 Å². The number of carbonyl (C=O) groups excluding carboxylic acids is 1. The van der Waals surface area contributed by atoms with Gasteiger partial charge in [0, 0.05) is 17.7 Å². The molecule has 0 aliphatic carbocycles. The van der Waals surface area contributed by atoms with E-state index in [9.17, 15) is 4.79 Å². The molecule has 0 unspecified atom stereocenters. The number of rotatable bonds is 3. The minimum atomic E-state index is -0.116. The van der Waals surface area contributed by atoms with Gasteiger partial charge in [-0.1, -0.05) is 13.0 Å². The van der Waals surface area contributed by atoms with Crippen LogP contribution >= 0.6 is 0 Å². The third-order valence-corrected chi connectivity index (χ3v) is 2.74. The summed E-state index contributed by atoms with van der Waals surface area (Å²) in [5.74, 6) is 1.07. The van der Waals surface area contributed by atoms with Crippen LogP contribution in [0.2, 0.25) is 0 Å².